The van der Waals surface area contributed by atoms with E-state index in [1.165, 1.54) is 12.1 Å². The minimum atomic E-state index is -0.760. The number of halogens is 1. The fourth-order valence-corrected chi connectivity index (χ4v) is 3.44. The number of hydrogen-bond donors (Lipinski definition) is 2. The van der Waals surface area contributed by atoms with E-state index in [1.807, 2.05) is 4.90 Å². The predicted molar refractivity (Wildman–Crippen MR) is 99.8 cm³/mol. The van der Waals surface area contributed by atoms with Gasteiger partial charge in [0.25, 0.3) is 5.91 Å². The summed E-state index contributed by atoms with van der Waals surface area (Å²) in [6, 6.07) is 5.80. The van der Waals surface area contributed by atoms with E-state index in [4.69, 9.17) is 4.74 Å². The molecule has 1 amide bonds. The fourth-order valence-electron chi connectivity index (χ4n) is 3.44. The van der Waals surface area contributed by atoms with Crippen molar-refractivity contribution in [2.24, 2.45) is 4.99 Å². The van der Waals surface area contributed by atoms with Crippen LogP contribution in [0, 0.1) is 5.82 Å². The summed E-state index contributed by atoms with van der Waals surface area (Å²) in [7, 11) is 1.69. The van der Waals surface area contributed by atoms with Crippen molar-refractivity contribution in [2.45, 2.75) is 25.0 Å². The molecular formula is C19H27FN4O3. The van der Waals surface area contributed by atoms with Crippen molar-refractivity contribution in [2.75, 3.05) is 46.4 Å². The Hall–Kier alpha value is -2.19. The second-order valence-corrected chi connectivity index (χ2v) is 6.81. The molecule has 2 fully saturated rings. The summed E-state index contributed by atoms with van der Waals surface area (Å²) in [6.07, 6.45) is 0.719. The second-order valence-electron chi connectivity index (χ2n) is 6.81. The summed E-state index contributed by atoms with van der Waals surface area (Å²) in [5.74, 6) is 0.437. The predicted octanol–water partition coefficient (Wildman–Crippen LogP) is 0.758. The van der Waals surface area contributed by atoms with Crippen molar-refractivity contribution >= 4 is 11.9 Å². The van der Waals surface area contributed by atoms with E-state index >= 15 is 0 Å². The van der Waals surface area contributed by atoms with Crippen LogP contribution in [-0.2, 0) is 9.53 Å². The molecule has 2 saturated heterocycles. The van der Waals surface area contributed by atoms with Crippen LogP contribution in [0.25, 0.3) is 0 Å². The zero-order valence-electron chi connectivity index (χ0n) is 15.6. The Kier molecular flexibility index (Phi) is 6.63. The lowest BCUT2D eigenvalue weighted by atomic mass is 10.1. The third-order valence-electron chi connectivity index (χ3n) is 5.02. The van der Waals surface area contributed by atoms with Crippen molar-refractivity contribution in [3.63, 3.8) is 0 Å². The topological polar surface area (TPSA) is 77.4 Å². The van der Waals surface area contributed by atoms with Gasteiger partial charge in [-0.15, -0.1) is 0 Å². The van der Waals surface area contributed by atoms with Crippen LogP contribution >= 0.6 is 0 Å². The zero-order chi connectivity index (χ0) is 19.2. The number of hydrogen-bond acceptors (Lipinski definition) is 4. The third kappa shape index (κ3) is 4.95. The van der Waals surface area contributed by atoms with Crippen LogP contribution in [-0.4, -0.2) is 79.3 Å². The maximum atomic E-state index is 13.0. The summed E-state index contributed by atoms with van der Waals surface area (Å²) in [5, 5.41) is 13.4. The largest absolute Gasteiger partial charge is 0.387 e. The molecule has 2 N–H and O–H groups in total. The van der Waals surface area contributed by atoms with Crippen LogP contribution in [0.15, 0.2) is 29.3 Å². The Morgan fingerprint density at radius 3 is 2.56 bits per heavy atom. The first-order valence-corrected chi connectivity index (χ1v) is 9.38. The average molecular weight is 378 g/mol. The molecule has 2 unspecified atom stereocenters. The number of carbonyl (C=O) groups excluding carboxylic acids is 1. The molecule has 1 aromatic rings. The molecule has 2 aliphatic heterocycles. The van der Waals surface area contributed by atoms with Crippen LogP contribution in [0.2, 0.25) is 0 Å². The molecule has 0 saturated carbocycles. The van der Waals surface area contributed by atoms with Crippen LogP contribution in [0.5, 0.6) is 0 Å². The van der Waals surface area contributed by atoms with Crippen LogP contribution in [0.1, 0.15) is 24.5 Å². The SMILES string of the molecule is CN=C(NCC(O)c1ccc(F)cc1)N1CCN(C(=O)C2CCCO2)CC1. The summed E-state index contributed by atoms with van der Waals surface area (Å²) >= 11 is 0. The van der Waals surface area contributed by atoms with Gasteiger partial charge in [0.05, 0.1) is 6.10 Å². The highest BCUT2D eigenvalue weighted by atomic mass is 19.1. The van der Waals surface area contributed by atoms with E-state index in [-0.39, 0.29) is 24.4 Å². The highest BCUT2D eigenvalue weighted by Gasteiger charge is 2.30. The summed E-state index contributed by atoms with van der Waals surface area (Å²) < 4.78 is 18.5. The second kappa shape index (κ2) is 9.14. The lowest BCUT2D eigenvalue weighted by molar-refractivity contribution is -0.142. The smallest absolute Gasteiger partial charge is 0.251 e. The molecule has 0 spiro atoms. The van der Waals surface area contributed by atoms with Gasteiger partial charge in [-0.05, 0) is 30.5 Å². The van der Waals surface area contributed by atoms with E-state index in [0.29, 0.717) is 44.3 Å². The Labute approximate surface area is 158 Å². The number of carbonyl (C=O) groups is 1. The lowest BCUT2D eigenvalue weighted by Gasteiger charge is -2.37. The monoisotopic (exact) mass is 378 g/mol. The Morgan fingerprint density at radius 2 is 1.96 bits per heavy atom. The van der Waals surface area contributed by atoms with Gasteiger partial charge in [-0.25, -0.2) is 4.39 Å². The maximum Gasteiger partial charge on any atom is 0.251 e. The molecule has 0 radical (unpaired) electrons. The molecule has 0 aliphatic carbocycles. The van der Waals surface area contributed by atoms with Crippen molar-refractivity contribution in [1.82, 2.24) is 15.1 Å². The van der Waals surface area contributed by atoms with E-state index in [2.05, 4.69) is 15.2 Å². The minimum Gasteiger partial charge on any atom is -0.387 e. The molecule has 27 heavy (non-hydrogen) atoms. The number of rotatable bonds is 4. The van der Waals surface area contributed by atoms with Crippen LogP contribution in [0.4, 0.5) is 4.39 Å². The molecule has 7 nitrogen and oxygen atoms in total. The molecule has 0 aromatic heterocycles. The molecule has 2 atom stereocenters. The van der Waals surface area contributed by atoms with Gasteiger partial charge in [0.15, 0.2) is 5.96 Å². The van der Waals surface area contributed by atoms with Crippen molar-refractivity contribution in [1.29, 1.82) is 0 Å². The molecule has 1 aromatic carbocycles. The van der Waals surface area contributed by atoms with Gasteiger partial charge < -0.3 is 25.0 Å². The average Bonchev–Trinajstić information content (AvgIpc) is 3.23. The highest BCUT2D eigenvalue weighted by Crippen LogP contribution is 2.16. The number of nitrogens with zero attached hydrogens (tertiary/aromatic N) is 3. The first-order chi connectivity index (χ1) is 13.1. The molecule has 8 heteroatoms. The number of ether oxygens (including phenoxy) is 1. The van der Waals surface area contributed by atoms with Gasteiger partial charge in [-0.2, -0.15) is 0 Å². The number of aliphatic hydroxyl groups is 1. The molecule has 3 rings (SSSR count). The Morgan fingerprint density at radius 1 is 1.30 bits per heavy atom. The third-order valence-corrected chi connectivity index (χ3v) is 5.02. The van der Waals surface area contributed by atoms with Gasteiger partial charge >= 0.3 is 0 Å². The zero-order valence-corrected chi connectivity index (χ0v) is 15.6. The number of guanidine groups is 1. The molecular weight excluding hydrogens is 351 g/mol. The number of aliphatic imine (C=N–C) groups is 1. The molecule has 148 valence electrons. The first kappa shape index (κ1) is 19.6. The van der Waals surface area contributed by atoms with Gasteiger partial charge in [0, 0.05) is 46.4 Å². The number of aliphatic hydroxyl groups excluding tert-OH is 1. The van der Waals surface area contributed by atoms with Gasteiger partial charge in [0.2, 0.25) is 0 Å². The quantitative estimate of drug-likeness (QED) is 0.598. The Balaban J connectivity index is 1.47. The molecule has 2 aliphatic rings. The van der Waals surface area contributed by atoms with Crippen molar-refractivity contribution in [3.05, 3.63) is 35.6 Å². The van der Waals surface area contributed by atoms with E-state index < -0.39 is 6.10 Å². The summed E-state index contributed by atoms with van der Waals surface area (Å²) in [6.45, 7) is 3.53. The number of amides is 1. The Bertz CT molecular complexity index is 653. The van der Waals surface area contributed by atoms with E-state index in [0.717, 1.165) is 12.8 Å². The lowest BCUT2D eigenvalue weighted by Crippen LogP contribution is -2.55. The maximum absolute atomic E-state index is 13.0. The van der Waals surface area contributed by atoms with Crippen molar-refractivity contribution < 1.29 is 19.0 Å². The van der Waals surface area contributed by atoms with Gasteiger partial charge in [-0.3, -0.25) is 9.79 Å². The number of piperazine rings is 1. The molecule has 2 heterocycles. The first-order valence-electron chi connectivity index (χ1n) is 9.38. The fraction of sp³-hybridized carbons (Fsp3) is 0.579. The summed E-state index contributed by atoms with van der Waals surface area (Å²) in [5.41, 5.74) is 0.645. The highest BCUT2D eigenvalue weighted by molar-refractivity contribution is 5.82. The normalized spacial score (nSPS) is 22.0. The van der Waals surface area contributed by atoms with Gasteiger partial charge in [-0.1, -0.05) is 12.1 Å². The number of nitrogens with one attached hydrogen (secondary N) is 1. The van der Waals surface area contributed by atoms with E-state index in [1.54, 1.807) is 19.2 Å². The van der Waals surface area contributed by atoms with Crippen LogP contribution in [0.3, 0.4) is 0 Å². The number of benzene rings is 1. The van der Waals surface area contributed by atoms with Crippen LogP contribution < -0.4 is 5.32 Å². The standard InChI is InChI=1S/C19H27FN4O3/c1-21-19(22-13-16(25)14-4-6-15(20)7-5-14)24-10-8-23(9-11-24)18(26)17-3-2-12-27-17/h4-7,16-17,25H,2-3,8-13H2,1H3,(H,21,22). The van der Waals surface area contributed by atoms with Crippen molar-refractivity contribution in [3.8, 4) is 0 Å². The van der Waals surface area contributed by atoms with E-state index in [9.17, 15) is 14.3 Å². The van der Waals surface area contributed by atoms with Gasteiger partial charge in [0.1, 0.15) is 11.9 Å². The minimum absolute atomic E-state index is 0.0850. The molecule has 0 bridgehead atoms. The summed E-state index contributed by atoms with van der Waals surface area (Å²) in [4.78, 5) is 20.6.